The van der Waals surface area contributed by atoms with Gasteiger partial charge in [0.1, 0.15) is 0 Å². The van der Waals surface area contributed by atoms with Gasteiger partial charge in [-0.05, 0) is 48.7 Å². The lowest BCUT2D eigenvalue weighted by Crippen LogP contribution is -2.39. The van der Waals surface area contributed by atoms with Crippen LogP contribution < -0.4 is 14.8 Å². The number of nitrogens with one attached hydrogen (secondary N) is 1. The number of amides is 1. The molecule has 1 atom stereocenters. The van der Waals surface area contributed by atoms with E-state index in [1.807, 2.05) is 30.3 Å². The van der Waals surface area contributed by atoms with Crippen LogP contribution in [-0.2, 0) is 11.2 Å². The normalized spacial score (nSPS) is 19.3. The first-order valence-corrected chi connectivity index (χ1v) is 9.22. The molecule has 5 heteroatoms. The van der Waals surface area contributed by atoms with Crippen molar-refractivity contribution in [2.24, 2.45) is 0 Å². The summed E-state index contributed by atoms with van der Waals surface area (Å²) >= 11 is 0. The molecule has 0 aliphatic carbocycles. The lowest BCUT2D eigenvalue weighted by molar-refractivity contribution is -0.117. The first-order chi connectivity index (χ1) is 12.7. The van der Waals surface area contributed by atoms with E-state index < -0.39 is 0 Å². The molecule has 0 spiro atoms. The monoisotopic (exact) mass is 352 g/mol. The molecule has 0 fully saturated rings. The maximum absolute atomic E-state index is 12.4. The van der Waals surface area contributed by atoms with Gasteiger partial charge < -0.3 is 14.8 Å². The van der Waals surface area contributed by atoms with Crippen LogP contribution in [0, 0.1) is 0 Å². The van der Waals surface area contributed by atoms with Crippen LogP contribution in [0.15, 0.2) is 42.5 Å². The van der Waals surface area contributed by atoms with Crippen molar-refractivity contribution in [2.75, 3.05) is 31.6 Å². The zero-order chi connectivity index (χ0) is 17.9. The number of para-hydroxylation sites is 1. The van der Waals surface area contributed by atoms with Crippen molar-refractivity contribution >= 4 is 11.6 Å². The molecule has 0 saturated heterocycles. The predicted molar refractivity (Wildman–Crippen MR) is 101 cm³/mol. The van der Waals surface area contributed by atoms with Crippen molar-refractivity contribution in [3.63, 3.8) is 0 Å². The fraction of sp³-hybridized carbons (Fsp3) is 0.381. The van der Waals surface area contributed by atoms with Gasteiger partial charge in [-0.3, -0.25) is 9.69 Å². The van der Waals surface area contributed by atoms with Gasteiger partial charge in [0.25, 0.3) is 0 Å². The second-order valence-electron chi connectivity index (χ2n) is 6.86. The molecule has 5 nitrogen and oxygen atoms in total. The number of rotatable bonds is 3. The first-order valence-electron chi connectivity index (χ1n) is 9.22. The Balaban J connectivity index is 1.48. The van der Waals surface area contributed by atoms with Gasteiger partial charge in [-0.25, -0.2) is 0 Å². The molecule has 4 rings (SSSR count). The van der Waals surface area contributed by atoms with Crippen molar-refractivity contribution in [1.82, 2.24) is 4.90 Å². The highest BCUT2D eigenvalue weighted by molar-refractivity contribution is 5.92. The molecule has 0 bridgehead atoms. The average Bonchev–Trinajstić information content (AvgIpc) is 2.88. The van der Waals surface area contributed by atoms with Crippen LogP contribution in [0.3, 0.4) is 0 Å². The Morgan fingerprint density at radius 3 is 2.65 bits per heavy atom. The summed E-state index contributed by atoms with van der Waals surface area (Å²) in [6, 6.07) is 14.0. The molecule has 2 aromatic carbocycles. The van der Waals surface area contributed by atoms with E-state index >= 15 is 0 Å². The zero-order valence-corrected chi connectivity index (χ0v) is 15.0. The fourth-order valence-electron chi connectivity index (χ4n) is 3.65. The van der Waals surface area contributed by atoms with Crippen LogP contribution in [-0.4, -0.2) is 37.1 Å². The molecule has 1 amide bonds. The number of nitrogens with zero attached hydrogens (tertiary/aromatic N) is 1. The molecule has 1 N–H and O–H groups in total. The third-order valence-corrected chi connectivity index (χ3v) is 5.08. The molecule has 2 aromatic rings. The molecule has 136 valence electrons. The van der Waals surface area contributed by atoms with Crippen LogP contribution in [0.25, 0.3) is 0 Å². The SMILES string of the molecule is C[C@@H]1c2cc3c(cc2CCN1CC(=O)Nc1ccccc1)OCCCO3. The van der Waals surface area contributed by atoms with Crippen molar-refractivity contribution in [3.05, 3.63) is 53.6 Å². The van der Waals surface area contributed by atoms with E-state index in [0.29, 0.717) is 19.8 Å². The Kier molecular flexibility index (Phi) is 4.80. The highest BCUT2D eigenvalue weighted by atomic mass is 16.5. The predicted octanol–water partition coefficient (Wildman–Crippen LogP) is 3.41. The molecule has 2 aliphatic heterocycles. The van der Waals surface area contributed by atoms with Crippen molar-refractivity contribution in [3.8, 4) is 11.5 Å². The number of carbonyl (C=O) groups excluding carboxylic acids is 1. The summed E-state index contributed by atoms with van der Waals surface area (Å²) in [4.78, 5) is 14.6. The topological polar surface area (TPSA) is 50.8 Å². The van der Waals surface area contributed by atoms with Gasteiger partial charge >= 0.3 is 0 Å². The molecule has 2 aliphatic rings. The van der Waals surface area contributed by atoms with E-state index in [-0.39, 0.29) is 11.9 Å². The summed E-state index contributed by atoms with van der Waals surface area (Å²) in [6.45, 7) is 4.77. The number of anilines is 1. The van der Waals surface area contributed by atoms with Gasteiger partial charge in [-0.1, -0.05) is 18.2 Å². The average molecular weight is 352 g/mol. The number of hydrogen-bond acceptors (Lipinski definition) is 4. The molecule has 2 heterocycles. The van der Waals surface area contributed by atoms with E-state index in [0.717, 1.165) is 36.6 Å². The number of ether oxygens (including phenoxy) is 2. The third kappa shape index (κ3) is 3.53. The summed E-state index contributed by atoms with van der Waals surface area (Å²) < 4.78 is 11.6. The van der Waals surface area contributed by atoms with Crippen LogP contribution in [0.1, 0.15) is 30.5 Å². The summed E-state index contributed by atoms with van der Waals surface area (Å²) in [5.41, 5.74) is 3.35. The summed E-state index contributed by atoms with van der Waals surface area (Å²) in [7, 11) is 0. The Bertz CT molecular complexity index is 791. The highest BCUT2D eigenvalue weighted by Gasteiger charge is 2.27. The van der Waals surface area contributed by atoms with Gasteiger partial charge in [0, 0.05) is 24.7 Å². The summed E-state index contributed by atoms with van der Waals surface area (Å²) in [6.07, 6.45) is 1.82. The minimum absolute atomic E-state index is 0.0147. The largest absolute Gasteiger partial charge is 0.490 e. The smallest absolute Gasteiger partial charge is 0.238 e. The fourth-order valence-corrected chi connectivity index (χ4v) is 3.65. The molecule has 0 saturated carbocycles. The molecule has 0 unspecified atom stereocenters. The molecule has 0 radical (unpaired) electrons. The van der Waals surface area contributed by atoms with Crippen LogP contribution in [0.4, 0.5) is 5.69 Å². The first kappa shape index (κ1) is 16.9. The number of fused-ring (bicyclic) bond motifs is 2. The maximum atomic E-state index is 12.4. The van der Waals surface area contributed by atoms with Crippen LogP contribution >= 0.6 is 0 Å². The number of hydrogen-bond donors (Lipinski definition) is 1. The quantitative estimate of drug-likeness (QED) is 0.920. The summed E-state index contributed by atoms with van der Waals surface area (Å²) in [5, 5.41) is 2.97. The van der Waals surface area contributed by atoms with Crippen molar-refractivity contribution < 1.29 is 14.3 Å². The Hall–Kier alpha value is -2.53. The maximum Gasteiger partial charge on any atom is 0.238 e. The van der Waals surface area contributed by atoms with E-state index in [9.17, 15) is 4.79 Å². The molecule has 26 heavy (non-hydrogen) atoms. The van der Waals surface area contributed by atoms with Crippen molar-refractivity contribution in [1.29, 1.82) is 0 Å². The van der Waals surface area contributed by atoms with E-state index in [1.54, 1.807) is 0 Å². The van der Waals surface area contributed by atoms with Gasteiger partial charge in [-0.15, -0.1) is 0 Å². The Morgan fingerprint density at radius 2 is 1.88 bits per heavy atom. The van der Waals surface area contributed by atoms with Crippen LogP contribution in [0.5, 0.6) is 11.5 Å². The van der Waals surface area contributed by atoms with E-state index in [2.05, 4.69) is 29.3 Å². The number of carbonyl (C=O) groups is 1. The van der Waals surface area contributed by atoms with E-state index in [1.165, 1.54) is 11.1 Å². The van der Waals surface area contributed by atoms with Gasteiger partial charge in [0.05, 0.1) is 19.8 Å². The van der Waals surface area contributed by atoms with Gasteiger partial charge in [0.15, 0.2) is 11.5 Å². The minimum Gasteiger partial charge on any atom is -0.490 e. The molecular formula is C21H24N2O3. The Morgan fingerprint density at radius 1 is 1.15 bits per heavy atom. The Labute approximate surface area is 153 Å². The lowest BCUT2D eigenvalue weighted by atomic mass is 9.93. The van der Waals surface area contributed by atoms with Gasteiger partial charge in [-0.2, -0.15) is 0 Å². The van der Waals surface area contributed by atoms with Crippen molar-refractivity contribution in [2.45, 2.75) is 25.8 Å². The zero-order valence-electron chi connectivity index (χ0n) is 15.0. The number of benzene rings is 2. The van der Waals surface area contributed by atoms with Crippen LogP contribution in [0.2, 0.25) is 0 Å². The highest BCUT2D eigenvalue weighted by Crippen LogP contribution is 2.38. The molecular weight excluding hydrogens is 328 g/mol. The lowest BCUT2D eigenvalue weighted by Gasteiger charge is -2.35. The standard InChI is InChI=1S/C21H24N2O3/c1-15-18-13-20-19(25-10-5-11-26-20)12-16(18)8-9-23(15)14-21(24)22-17-6-3-2-4-7-17/h2-4,6-7,12-13,15H,5,8-11,14H2,1H3,(H,22,24)/t15-/m1/s1. The summed E-state index contributed by atoms with van der Waals surface area (Å²) in [5.74, 6) is 1.69. The third-order valence-electron chi connectivity index (χ3n) is 5.08. The minimum atomic E-state index is 0.0147. The second-order valence-corrected chi connectivity index (χ2v) is 6.86. The van der Waals surface area contributed by atoms with E-state index in [4.69, 9.17) is 9.47 Å². The van der Waals surface area contributed by atoms with Gasteiger partial charge in [0.2, 0.25) is 5.91 Å². The second kappa shape index (κ2) is 7.38. The molecule has 0 aromatic heterocycles.